The first-order chi connectivity index (χ1) is 4.72. The number of esters is 2. The van der Waals surface area contributed by atoms with Crippen molar-refractivity contribution < 1.29 is 19.1 Å². The first kappa shape index (κ1) is 8.50. The fourth-order valence-corrected chi connectivity index (χ4v) is 0.285. The number of hydrogen-bond donors (Lipinski definition) is 0. The minimum absolute atomic E-state index is 0.124. The summed E-state index contributed by atoms with van der Waals surface area (Å²) in [5.74, 6) is -2.23. The van der Waals surface area contributed by atoms with Gasteiger partial charge in [0.05, 0.1) is 6.61 Å². The van der Waals surface area contributed by atoms with Gasteiger partial charge in [-0.05, 0) is 6.92 Å². The third kappa shape index (κ3) is 2.72. The summed E-state index contributed by atoms with van der Waals surface area (Å²) < 4.78 is 8.12. The van der Waals surface area contributed by atoms with Crippen LogP contribution >= 0.6 is 0 Å². The van der Waals surface area contributed by atoms with Crippen LogP contribution in [0.5, 0.6) is 0 Å². The van der Waals surface area contributed by atoms with E-state index in [9.17, 15) is 9.59 Å². The van der Waals surface area contributed by atoms with E-state index in [2.05, 4.69) is 15.9 Å². The number of carbonyl (C=O) groups is 2. The number of hydrogen-bond acceptors (Lipinski definition) is 4. The van der Waals surface area contributed by atoms with Crippen molar-refractivity contribution in [2.24, 2.45) is 0 Å². The molecule has 0 aliphatic carbocycles. The molecule has 0 saturated carbocycles. The van der Waals surface area contributed by atoms with Crippen molar-refractivity contribution in [3.8, 4) is 12.5 Å². The summed E-state index contributed by atoms with van der Waals surface area (Å²) in [4.78, 5) is 20.6. The summed E-state index contributed by atoms with van der Waals surface area (Å²) in [6.07, 6.45) is 6.12. The van der Waals surface area contributed by atoms with Crippen LogP contribution in [0, 0.1) is 12.5 Å². The number of ether oxygens (including phenoxy) is 2. The maximum atomic E-state index is 10.3. The van der Waals surface area contributed by atoms with Crippen LogP contribution in [-0.4, -0.2) is 18.5 Å². The molecule has 0 bridgehead atoms. The molecule has 0 fully saturated rings. The quantitative estimate of drug-likeness (QED) is 0.286. The molecule has 0 spiro atoms. The molecule has 4 heteroatoms. The second-order valence-electron chi connectivity index (χ2n) is 1.23. The molecule has 0 N–H and O–H groups in total. The zero-order valence-electron chi connectivity index (χ0n) is 5.42. The van der Waals surface area contributed by atoms with E-state index in [1.54, 1.807) is 13.0 Å². The van der Waals surface area contributed by atoms with Crippen molar-refractivity contribution in [1.82, 2.24) is 0 Å². The largest absolute Gasteiger partial charge is 0.458 e. The maximum Gasteiger partial charge on any atom is 0.431 e. The second-order valence-corrected chi connectivity index (χ2v) is 1.23. The van der Waals surface area contributed by atoms with Gasteiger partial charge in [0, 0.05) is 0 Å². The lowest BCUT2D eigenvalue weighted by molar-refractivity contribution is -0.163. The first-order valence-electron chi connectivity index (χ1n) is 2.56. The average Bonchev–Trinajstić information content (AvgIpc) is 1.89. The van der Waals surface area contributed by atoms with Gasteiger partial charge < -0.3 is 9.47 Å². The summed E-state index contributed by atoms with van der Waals surface area (Å²) in [7, 11) is 0. The van der Waals surface area contributed by atoms with E-state index in [1.165, 1.54) is 0 Å². The Bertz CT molecular complexity index is 177. The van der Waals surface area contributed by atoms with Gasteiger partial charge in [-0.1, -0.05) is 6.42 Å². The van der Waals surface area contributed by atoms with Crippen molar-refractivity contribution in [3.05, 3.63) is 0 Å². The third-order valence-corrected chi connectivity index (χ3v) is 0.594. The Kier molecular flexibility index (Phi) is 3.73. The van der Waals surface area contributed by atoms with Gasteiger partial charge in [-0.2, -0.15) is 0 Å². The Morgan fingerprint density at radius 3 is 2.50 bits per heavy atom. The lowest BCUT2D eigenvalue weighted by Crippen LogP contribution is -2.18. The van der Waals surface area contributed by atoms with Gasteiger partial charge in [-0.3, -0.25) is 0 Å². The SMILES string of the molecule is C#COC(=O)C(=O)OCC. The van der Waals surface area contributed by atoms with Gasteiger partial charge in [0.1, 0.15) is 6.11 Å². The minimum atomic E-state index is -1.16. The molecule has 0 saturated heterocycles. The Labute approximate surface area is 58.1 Å². The molecule has 0 atom stereocenters. The fraction of sp³-hybridized carbons (Fsp3) is 0.333. The smallest absolute Gasteiger partial charge is 0.431 e. The van der Waals surface area contributed by atoms with Crippen LogP contribution in [0.25, 0.3) is 0 Å². The lowest BCUT2D eigenvalue weighted by atomic mass is 10.7. The molecular weight excluding hydrogens is 136 g/mol. The van der Waals surface area contributed by atoms with Crippen molar-refractivity contribution in [2.45, 2.75) is 6.92 Å². The van der Waals surface area contributed by atoms with Crippen LogP contribution < -0.4 is 0 Å². The van der Waals surface area contributed by atoms with Gasteiger partial charge in [0.15, 0.2) is 0 Å². The van der Waals surface area contributed by atoms with E-state index in [1.807, 2.05) is 0 Å². The summed E-state index contributed by atoms with van der Waals surface area (Å²) in [5, 5.41) is 0. The molecule has 0 aromatic carbocycles. The molecule has 0 amide bonds. The highest BCUT2D eigenvalue weighted by Gasteiger charge is 2.15. The zero-order valence-corrected chi connectivity index (χ0v) is 5.42. The number of rotatable bonds is 1. The number of carbonyl (C=O) groups excluding carboxylic acids is 2. The molecule has 4 nitrogen and oxygen atoms in total. The average molecular weight is 142 g/mol. The van der Waals surface area contributed by atoms with Crippen molar-refractivity contribution in [2.75, 3.05) is 6.61 Å². The van der Waals surface area contributed by atoms with Crippen molar-refractivity contribution in [3.63, 3.8) is 0 Å². The minimum Gasteiger partial charge on any atom is -0.458 e. The molecule has 10 heavy (non-hydrogen) atoms. The molecule has 0 rings (SSSR count). The summed E-state index contributed by atoms with van der Waals surface area (Å²) in [5.41, 5.74) is 0. The van der Waals surface area contributed by atoms with E-state index in [0.29, 0.717) is 0 Å². The maximum absolute atomic E-state index is 10.3. The van der Waals surface area contributed by atoms with Gasteiger partial charge >= 0.3 is 11.9 Å². The molecule has 54 valence electrons. The highest BCUT2D eigenvalue weighted by atomic mass is 16.6. The van der Waals surface area contributed by atoms with Crippen LogP contribution in [0.4, 0.5) is 0 Å². The lowest BCUT2D eigenvalue weighted by Gasteiger charge is -1.95. The van der Waals surface area contributed by atoms with Crippen LogP contribution in [0.2, 0.25) is 0 Å². The summed E-state index contributed by atoms with van der Waals surface area (Å²) in [6, 6.07) is 0. The summed E-state index contributed by atoms with van der Waals surface area (Å²) in [6.45, 7) is 1.69. The predicted octanol–water partition coefficient (Wildman–Crippen LogP) is -0.317. The van der Waals surface area contributed by atoms with Crippen LogP contribution in [0.1, 0.15) is 6.92 Å². The Morgan fingerprint density at radius 2 is 2.10 bits per heavy atom. The predicted molar refractivity (Wildman–Crippen MR) is 31.6 cm³/mol. The molecule has 0 aliphatic rings. The molecule has 0 aromatic rings. The van der Waals surface area contributed by atoms with Crippen molar-refractivity contribution >= 4 is 11.9 Å². The van der Waals surface area contributed by atoms with E-state index >= 15 is 0 Å². The monoisotopic (exact) mass is 142 g/mol. The normalized spacial score (nSPS) is 7.60. The standard InChI is InChI=1S/C6H6O4/c1-3-9-5(7)6(8)10-4-2/h1H,4H2,2H3. The van der Waals surface area contributed by atoms with E-state index in [4.69, 9.17) is 0 Å². The molecule has 0 radical (unpaired) electrons. The highest BCUT2D eigenvalue weighted by Crippen LogP contribution is 1.81. The third-order valence-electron chi connectivity index (χ3n) is 0.594. The second kappa shape index (κ2) is 4.39. The molecule has 0 unspecified atom stereocenters. The van der Waals surface area contributed by atoms with Crippen LogP contribution in [0.3, 0.4) is 0 Å². The first-order valence-corrected chi connectivity index (χ1v) is 2.56. The zero-order chi connectivity index (χ0) is 7.98. The van der Waals surface area contributed by atoms with Crippen molar-refractivity contribution in [1.29, 1.82) is 0 Å². The Balaban J connectivity index is 3.74. The molecule has 0 aliphatic heterocycles. The van der Waals surface area contributed by atoms with E-state index in [-0.39, 0.29) is 6.61 Å². The fourth-order valence-electron chi connectivity index (χ4n) is 0.285. The van der Waals surface area contributed by atoms with Gasteiger partial charge in [0.2, 0.25) is 0 Å². The van der Waals surface area contributed by atoms with Crippen LogP contribution in [0.15, 0.2) is 0 Å². The van der Waals surface area contributed by atoms with Gasteiger partial charge in [-0.25, -0.2) is 9.59 Å². The van der Waals surface area contributed by atoms with E-state index in [0.717, 1.165) is 0 Å². The topological polar surface area (TPSA) is 52.6 Å². The summed E-state index contributed by atoms with van der Waals surface area (Å²) >= 11 is 0. The van der Waals surface area contributed by atoms with Gasteiger partial charge in [0.25, 0.3) is 0 Å². The van der Waals surface area contributed by atoms with Gasteiger partial charge in [-0.15, -0.1) is 0 Å². The number of terminal acetylenes is 1. The molecule has 0 heterocycles. The van der Waals surface area contributed by atoms with Crippen LogP contribution in [-0.2, 0) is 19.1 Å². The highest BCUT2D eigenvalue weighted by molar-refractivity contribution is 6.29. The Morgan fingerprint density at radius 1 is 1.50 bits per heavy atom. The molecule has 0 aromatic heterocycles. The molecular formula is C6H6O4. The van der Waals surface area contributed by atoms with E-state index < -0.39 is 11.9 Å². The Hall–Kier alpha value is -1.50.